The number of thioether (sulfide) groups is 1. The van der Waals surface area contributed by atoms with Gasteiger partial charge in [-0.15, -0.1) is 10.2 Å². The summed E-state index contributed by atoms with van der Waals surface area (Å²) in [6.45, 7) is 0. The number of benzene rings is 3. The van der Waals surface area contributed by atoms with Crippen LogP contribution in [0.3, 0.4) is 0 Å². The maximum atomic E-state index is 13.1. The van der Waals surface area contributed by atoms with Crippen molar-refractivity contribution in [2.45, 2.75) is 16.9 Å². The number of rotatable bonds is 7. The largest absolute Gasteiger partial charge is 0.418 e. The minimum atomic E-state index is -4.57. The average molecular weight is 503 g/mol. The minimum Gasteiger partial charge on any atom is -0.325 e. The summed E-state index contributed by atoms with van der Waals surface area (Å²) in [5.74, 6) is -1.03. The summed E-state index contributed by atoms with van der Waals surface area (Å²) < 4.78 is 39.6. The second kappa shape index (κ2) is 10.2. The molecular weight excluding hydrogens is 485 g/mol. The van der Waals surface area contributed by atoms with Crippen molar-refractivity contribution in [1.29, 1.82) is 0 Å². The molecule has 0 saturated carbocycles. The van der Waals surface area contributed by atoms with Gasteiger partial charge in [0.1, 0.15) is 0 Å². The van der Waals surface area contributed by atoms with Crippen LogP contribution in [0.15, 0.2) is 71.1 Å². The van der Waals surface area contributed by atoms with E-state index >= 15 is 0 Å². The van der Waals surface area contributed by atoms with Gasteiger partial charge < -0.3 is 10.6 Å². The van der Waals surface area contributed by atoms with Gasteiger partial charge in [-0.25, -0.2) is 0 Å². The van der Waals surface area contributed by atoms with Crippen molar-refractivity contribution in [1.82, 2.24) is 10.2 Å². The van der Waals surface area contributed by atoms with Crippen molar-refractivity contribution < 1.29 is 22.8 Å². The molecule has 0 atom stereocenters. The van der Waals surface area contributed by atoms with Crippen molar-refractivity contribution in [2.24, 2.45) is 0 Å². The molecule has 174 valence electrons. The number of carbonyl (C=O) groups excluding carboxylic acids is 2. The molecular formula is C23H17F3N4O2S2. The number of hydrogen-bond acceptors (Lipinski definition) is 6. The summed E-state index contributed by atoms with van der Waals surface area (Å²) in [5.41, 5.74) is -0.342. The molecule has 0 aliphatic heterocycles. The molecule has 0 bridgehead atoms. The van der Waals surface area contributed by atoms with Crippen molar-refractivity contribution >= 4 is 56.5 Å². The Labute approximate surface area is 200 Å². The standard InChI is InChI=1S/C23H17F3N4O2S2/c24-23(25,26)17-10-3-4-11-18(17)27-20(32)13-33-22-30-29-21(34-22)28-19(31)12-15-8-5-7-14-6-1-2-9-16(14)15/h1-11H,12-13H2,(H,27,32)(H,28,29,31). The predicted octanol–water partition coefficient (Wildman–Crippen LogP) is 5.62. The van der Waals surface area contributed by atoms with Crippen molar-refractivity contribution in [3.63, 3.8) is 0 Å². The van der Waals surface area contributed by atoms with Gasteiger partial charge in [-0.2, -0.15) is 13.2 Å². The number of para-hydroxylation sites is 1. The molecule has 2 amide bonds. The number of amides is 2. The summed E-state index contributed by atoms with van der Waals surface area (Å²) in [6.07, 6.45) is -4.42. The lowest BCUT2D eigenvalue weighted by Crippen LogP contribution is -2.18. The maximum absolute atomic E-state index is 13.1. The number of aromatic nitrogens is 2. The number of alkyl halides is 3. The Kier molecular flexibility index (Phi) is 7.13. The van der Waals surface area contributed by atoms with E-state index in [0.717, 1.165) is 45.5 Å². The van der Waals surface area contributed by atoms with E-state index in [1.807, 2.05) is 42.5 Å². The number of anilines is 2. The smallest absolute Gasteiger partial charge is 0.325 e. The van der Waals surface area contributed by atoms with E-state index in [1.165, 1.54) is 18.2 Å². The lowest BCUT2D eigenvalue weighted by atomic mass is 10.0. The second-order valence-electron chi connectivity index (χ2n) is 7.12. The molecule has 6 nitrogen and oxygen atoms in total. The van der Waals surface area contributed by atoms with E-state index < -0.39 is 17.6 Å². The van der Waals surface area contributed by atoms with E-state index in [-0.39, 0.29) is 28.9 Å². The van der Waals surface area contributed by atoms with Crippen LogP contribution in [0.4, 0.5) is 24.0 Å². The fourth-order valence-corrected chi connectivity index (χ4v) is 4.82. The van der Waals surface area contributed by atoms with Crippen LogP contribution >= 0.6 is 23.1 Å². The molecule has 4 rings (SSSR count). The summed E-state index contributed by atoms with van der Waals surface area (Å²) in [7, 11) is 0. The van der Waals surface area contributed by atoms with Gasteiger partial charge in [0.15, 0.2) is 4.34 Å². The highest BCUT2D eigenvalue weighted by Gasteiger charge is 2.33. The fraction of sp³-hybridized carbons (Fsp3) is 0.130. The lowest BCUT2D eigenvalue weighted by molar-refractivity contribution is -0.137. The Bertz CT molecular complexity index is 1340. The van der Waals surface area contributed by atoms with Crippen molar-refractivity contribution in [3.05, 3.63) is 77.9 Å². The zero-order valence-electron chi connectivity index (χ0n) is 17.4. The van der Waals surface area contributed by atoms with Gasteiger partial charge in [0.25, 0.3) is 0 Å². The Morgan fingerprint density at radius 3 is 2.44 bits per heavy atom. The molecule has 3 aromatic carbocycles. The molecule has 0 aliphatic rings. The molecule has 4 aromatic rings. The Morgan fingerprint density at radius 2 is 1.62 bits per heavy atom. The third-order valence-corrected chi connectivity index (χ3v) is 6.69. The Hall–Kier alpha value is -3.44. The lowest BCUT2D eigenvalue weighted by Gasteiger charge is -2.13. The van der Waals surface area contributed by atoms with E-state index in [9.17, 15) is 22.8 Å². The van der Waals surface area contributed by atoms with Crippen LogP contribution in [0.1, 0.15) is 11.1 Å². The zero-order valence-corrected chi connectivity index (χ0v) is 19.1. The van der Waals surface area contributed by atoms with Gasteiger partial charge in [-0.1, -0.05) is 77.7 Å². The molecule has 1 heterocycles. The van der Waals surface area contributed by atoms with E-state index in [4.69, 9.17) is 0 Å². The summed E-state index contributed by atoms with van der Waals surface area (Å²) in [5, 5.41) is 15.1. The SMILES string of the molecule is O=C(Cc1cccc2ccccc12)Nc1nnc(SCC(=O)Nc2ccccc2C(F)(F)F)s1. The quantitative estimate of drug-likeness (QED) is 0.253. The first-order chi connectivity index (χ1) is 16.3. The van der Waals surface area contributed by atoms with Crippen LogP contribution in [0.5, 0.6) is 0 Å². The number of nitrogens with zero attached hydrogens (tertiary/aromatic N) is 2. The van der Waals surface area contributed by atoms with Gasteiger partial charge in [-0.05, 0) is 28.5 Å². The van der Waals surface area contributed by atoms with Gasteiger partial charge in [0.05, 0.1) is 23.4 Å². The number of hydrogen-bond donors (Lipinski definition) is 2. The number of halogens is 3. The van der Waals surface area contributed by atoms with Gasteiger partial charge in [-0.3, -0.25) is 9.59 Å². The molecule has 0 fully saturated rings. The van der Waals surface area contributed by atoms with Crippen LogP contribution in [0.2, 0.25) is 0 Å². The number of carbonyl (C=O) groups is 2. The van der Waals surface area contributed by atoms with Gasteiger partial charge in [0.2, 0.25) is 16.9 Å². The molecule has 0 aliphatic carbocycles. The normalized spacial score (nSPS) is 11.4. The molecule has 1 aromatic heterocycles. The number of nitrogens with one attached hydrogen (secondary N) is 2. The molecule has 34 heavy (non-hydrogen) atoms. The van der Waals surface area contributed by atoms with E-state index in [1.54, 1.807) is 0 Å². The summed E-state index contributed by atoms with van der Waals surface area (Å²) in [6, 6.07) is 18.3. The summed E-state index contributed by atoms with van der Waals surface area (Å²) in [4.78, 5) is 24.6. The molecule has 0 unspecified atom stereocenters. The van der Waals surface area contributed by atoms with E-state index in [0.29, 0.717) is 4.34 Å². The third-order valence-electron chi connectivity index (χ3n) is 4.72. The monoisotopic (exact) mass is 502 g/mol. The van der Waals surface area contributed by atoms with Crippen LogP contribution in [0.25, 0.3) is 10.8 Å². The third kappa shape index (κ3) is 5.91. The van der Waals surface area contributed by atoms with Crippen LogP contribution in [-0.2, 0) is 22.2 Å². The maximum Gasteiger partial charge on any atom is 0.418 e. The Morgan fingerprint density at radius 1 is 0.882 bits per heavy atom. The first-order valence-corrected chi connectivity index (χ1v) is 11.8. The second-order valence-corrected chi connectivity index (χ2v) is 9.32. The minimum absolute atomic E-state index is 0.157. The molecule has 11 heteroatoms. The highest BCUT2D eigenvalue weighted by molar-refractivity contribution is 8.01. The van der Waals surface area contributed by atoms with Crippen molar-refractivity contribution in [3.8, 4) is 0 Å². The Balaban J connectivity index is 1.32. The predicted molar refractivity (Wildman–Crippen MR) is 127 cm³/mol. The van der Waals surface area contributed by atoms with Crippen LogP contribution in [0, 0.1) is 0 Å². The molecule has 2 N–H and O–H groups in total. The van der Waals surface area contributed by atoms with E-state index in [2.05, 4.69) is 20.8 Å². The topological polar surface area (TPSA) is 84.0 Å². The van der Waals surface area contributed by atoms with Crippen molar-refractivity contribution in [2.75, 3.05) is 16.4 Å². The van der Waals surface area contributed by atoms with Crippen LogP contribution < -0.4 is 10.6 Å². The molecule has 0 saturated heterocycles. The van der Waals surface area contributed by atoms with Gasteiger partial charge >= 0.3 is 6.18 Å². The van der Waals surface area contributed by atoms with Gasteiger partial charge in [0, 0.05) is 0 Å². The zero-order chi connectivity index (χ0) is 24.1. The fourth-order valence-electron chi connectivity index (χ4n) is 3.25. The first kappa shape index (κ1) is 23.7. The molecule has 0 spiro atoms. The molecule has 0 radical (unpaired) electrons. The average Bonchev–Trinajstić information content (AvgIpc) is 3.25. The van der Waals surface area contributed by atoms with Crippen LogP contribution in [-0.4, -0.2) is 27.8 Å². The number of fused-ring (bicyclic) bond motifs is 1. The highest BCUT2D eigenvalue weighted by Crippen LogP contribution is 2.34. The highest BCUT2D eigenvalue weighted by atomic mass is 32.2. The summed E-state index contributed by atoms with van der Waals surface area (Å²) >= 11 is 2.10. The first-order valence-electron chi connectivity index (χ1n) is 9.98.